The van der Waals surface area contributed by atoms with Gasteiger partial charge in [0.05, 0.1) is 18.2 Å². The van der Waals surface area contributed by atoms with E-state index in [1.165, 1.54) is 22.5 Å². The van der Waals surface area contributed by atoms with Gasteiger partial charge in [-0.25, -0.2) is 4.98 Å². The van der Waals surface area contributed by atoms with E-state index >= 15 is 0 Å². The fraction of sp³-hybridized carbons (Fsp3) is 0.211. The lowest BCUT2D eigenvalue weighted by Crippen LogP contribution is -2.08. The molecule has 0 aliphatic heterocycles. The molecule has 0 bridgehead atoms. The summed E-state index contributed by atoms with van der Waals surface area (Å²) in [5, 5.41) is 0. The van der Waals surface area contributed by atoms with Crippen molar-refractivity contribution in [1.29, 1.82) is 0 Å². The monoisotopic (exact) mass is 291 g/mol. The van der Waals surface area contributed by atoms with Gasteiger partial charge in [0.15, 0.2) is 0 Å². The van der Waals surface area contributed by atoms with Crippen molar-refractivity contribution < 1.29 is 0 Å². The summed E-state index contributed by atoms with van der Waals surface area (Å²) in [6.45, 7) is 0.939. The minimum absolute atomic E-state index is 0.939. The average molecular weight is 291 g/mol. The highest BCUT2D eigenvalue weighted by atomic mass is 15.1. The van der Waals surface area contributed by atoms with Crippen molar-refractivity contribution in [1.82, 2.24) is 9.55 Å². The normalized spacial score (nSPS) is 10.6. The second-order valence-electron chi connectivity index (χ2n) is 5.65. The molecule has 0 spiro atoms. The number of hydrogen-bond donors (Lipinski definition) is 0. The summed E-state index contributed by atoms with van der Waals surface area (Å²) in [5.74, 6) is 0. The zero-order valence-corrected chi connectivity index (χ0v) is 13.1. The predicted octanol–water partition coefficient (Wildman–Crippen LogP) is 3.86. The maximum atomic E-state index is 4.32. The number of anilines is 1. The molecular weight excluding hydrogens is 270 g/mol. The summed E-state index contributed by atoms with van der Waals surface area (Å²) in [7, 11) is 4.11. The quantitative estimate of drug-likeness (QED) is 0.712. The van der Waals surface area contributed by atoms with Crippen LogP contribution in [0.15, 0.2) is 67.1 Å². The predicted molar refractivity (Wildman–Crippen MR) is 92.1 cm³/mol. The Bertz CT molecular complexity index is 712. The van der Waals surface area contributed by atoms with Crippen molar-refractivity contribution >= 4 is 5.69 Å². The van der Waals surface area contributed by atoms with Crippen LogP contribution >= 0.6 is 0 Å². The summed E-state index contributed by atoms with van der Waals surface area (Å²) in [5.41, 5.74) is 4.93. The Balaban J connectivity index is 1.77. The van der Waals surface area contributed by atoms with E-state index in [9.17, 15) is 0 Å². The first-order chi connectivity index (χ1) is 10.7. The molecule has 2 aromatic carbocycles. The van der Waals surface area contributed by atoms with Gasteiger partial charge in [-0.15, -0.1) is 0 Å². The van der Waals surface area contributed by atoms with Crippen LogP contribution in [0.25, 0.3) is 11.3 Å². The third-order valence-electron chi connectivity index (χ3n) is 3.88. The van der Waals surface area contributed by atoms with Crippen molar-refractivity contribution in [2.24, 2.45) is 0 Å². The fourth-order valence-electron chi connectivity index (χ4n) is 2.56. The number of imidazole rings is 1. The summed E-state index contributed by atoms with van der Waals surface area (Å²) in [6, 6.07) is 19.2. The van der Waals surface area contributed by atoms with Gasteiger partial charge < -0.3 is 9.47 Å². The van der Waals surface area contributed by atoms with E-state index < -0.39 is 0 Å². The maximum Gasteiger partial charge on any atom is 0.0951 e. The molecule has 3 aromatic rings. The Morgan fingerprint density at radius 1 is 0.955 bits per heavy atom. The SMILES string of the molecule is CN(C)c1ccc(-c2cncn2CCc2ccccc2)cc1. The molecule has 0 aliphatic rings. The number of hydrogen-bond acceptors (Lipinski definition) is 2. The molecule has 0 unspecified atom stereocenters. The number of aryl methyl sites for hydroxylation is 2. The van der Waals surface area contributed by atoms with E-state index in [0.717, 1.165) is 13.0 Å². The molecule has 0 atom stereocenters. The molecule has 112 valence electrons. The highest BCUT2D eigenvalue weighted by Crippen LogP contribution is 2.22. The van der Waals surface area contributed by atoms with Gasteiger partial charge in [0.1, 0.15) is 0 Å². The Labute approximate surface area is 131 Å². The molecule has 0 fully saturated rings. The van der Waals surface area contributed by atoms with Crippen molar-refractivity contribution in [3.63, 3.8) is 0 Å². The molecule has 22 heavy (non-hydrogen) atoms. The first kappa shape index (κ1) is 14.4. The Hall–Kier alpha value is -2.55. The summed E-state index contributed by atoms with van der Waals surface area (Å²) >= 11 is 0. The van der Waals surface area contributed by atoms with E-state index in [0.29, 0.717) is 0 Å². The molecule has 3 heteroatoms. The van der Waals surface area contributed by atoms with Crippen LogP contribution < -0.4 is 4.90 Å². The van der Waals surface area contributed by atoms with E-state index in [2.05, 4.69) is 83.1 Å². The van der Waals surface area contributed by atoms with E-state index in [-0.39, 0.29) is 0 Å². The lowest BCUT2D eigenvalue weighted by Gasteiger charge is -2.13. The molecular formula is C19H21N3. The Kier molecular flexibility index (Phi) is 4.24. The summed E-state index contributed by atoms with van der Waals surface area (Å²) in [4.78, 5) is 6.43. The van der Waals surface area contributed by atoms with Crippen LogP contribution in [0.3, 0.4) is 0 Å². The number of nitrogens with zero attached hydrogens (tertiary/aromatic N) is 3. The lowest BCUT2D eigenvalue weighted by molar-refractivity contribution is 0.702. The van der Waals surface area contributed by atoms with E-state index in [4.69, 9.17) is 0 Å². The zero-order chi connectivity index (χ0) is 15.4. The third-order valence-corrected chi connectivity index (χ3v) is 3.88. The lowest BCUT2D eigenvalue weighted by atomic mass is 10.1. The van der Waals surface area contributed by atoms with Gasteiger partial charge in [0.25, 0.3) is 0 Å². The molecule has 0 amide bonds. The number of rotatable bonds is 5. The van der Waals surface area contributed by atoms with Crippen LogP contribution in [0.5, 0.6) is 0 Å². The molecule has 3 nitrogen and oxygen atoms in total. The van der Waals surface area contributed by atoms with Crippen molar-refractivity contribution in [2.75, 3.05) is 19.0 Å². The second kappa shape index (κ2) is 6.48. The molecule has 0 aliphatic carbocycles. The summed E-state index contributed by atoms with van der Waals surface area (Å²) in [6.07, 6.45) is 4.87. The van der Waals surface area contributed by atoms with Crippen molar-refractivity contribution in [2.45, 2.75) is 13.0 Å². The van der Waals surface area contributed by atoms with Crippen LogP contribution in [0.1, 0.15) is 5.56 Å². The Morgan fingerprint density at radius 3 is 2.36 bits per heavy atom. The summed E-state index contributed by atoms with van der Waals surface area (Å²) < 4.78 is 2.22. The second-order valence-corrected chi connectivity index (χ2v) is 5.65. The average Bonchev–Trinajstić information content (AvgIpc) is 3.02. The van der Waals surface area contributed by atoms with Gasteiger partial charge in [-0.05, 0) is 29.7 Å². The molecule has 0 saturated carbocycles. The van der Waals surface area contributed by atoms with Crippen LogP contribution in [-0.2, 0) is 13.0 Å². The van der Waals surface area contributed by atoms with Gasteiger partial charge in [-0.3, -0.25) is 0 Å². The first-order valence-corrected chi connectivity index (χ1v) is 7.56. The largest absolute Gasteiger partial charge is 0.378 e. The standard InChI is InChI=1S/C19H21N3/c1-21(2)18-10-8-17(9-11-18)19-14-20-15-22(19)13-12-16-6-4-3-5-7-16/h3-11,14-15H,12-13H2,1-2H3. The highest BCUT2D eigenvalue weighted by molar-refractivity contribution is 5.62. The van der Waals surface area contributed by atoms with Gasteiger partial charge in [-0.2, -0.15) is 0 Å². The van der Waals surface area contributed by atoms with Crippen LogP contribution in [0.2, 0.25) is 0 Å². The number of aromatic nitrogens is 2. The molecule has 0 N–H and O–H groups in total. The van der Waals surface area contributed by atoms with Crippen molar-refractivity contribution in [3.8, 4) is 11.3 Å². The molecule has 1 aromatic heterocycles. The van der Waals surface area contributed by atoms with Gasteiger partial charge in [0, 0.05) is 26.3 Å². The maximum absolute atomic E-state index is 4.32. The molecule has 1 heterocycles. The topological polar surface area (TPSA) is 21.1 Å². The smallest absolute Gasteiger partial charge is 0.0951 e. The van der Waals surface area contributed by atoms with Crippen LogP contribution in [0.4, 0.5) is 5.69 Å². The minimum atomic E-state index is 0.939. The fourth-order valence-corrected chi connectivity index (χ4v) is 2.56. The first-order valence-electron chi connectivity index (χ1n) is 7.56. The van der Waals surface area contributed by atoms with Gasteiger partial charge in [0.2, 0.25) is 0 Å². The Morgan fingerprint density at radius 2 is 1.68 bits per heavy atom. The van der Waals surface area contributed by atoms with Gasteiger partial charge in [-0.1, -0.05) is 42.5 Å². The van der Waals surface area contributed by atoms with Crippen LogP contribution in [0, 0.1) is 0 Å². The minimum Gasteiger partial charge on any atom is -0.378 e. The zero-order valence-electron chi connectivity index (χ0n) is 13.1. The number of benzene rings is 2. The molecule has 0 radical (unpaired) electrons. The van der Waals surface area contributed by atoms with Crippen molar-refractivity contribution in [3.05, 3.63) is 72.7 Å². The molecule has 3 rings (SSSR count). The van der Waals surface area contributed by atoms with Gasteiger partial charge >= 0.3 is 0 Å². The third kappa shape index (κ3) is 3.19. The highest BCUT2D eigenvalue weighted by Gasteiger charge is 2.06. The van der Waals surface area contributed by atoms with E-state index in [1.54, 1.807) is 0 Å². The molecule has 0 saturated heterocycles. The van der Waals surface area contributed by atoms with Crippen LogP contribution in [-0.4, -0.2) is 23.6 Å². The van der Waals surface area contributed by atoms with E-state index in [1.807, 2.05) is 12.5 Å².